The molecule has 6 heteroatoms. The molecular formula is C13H7Cl2FN2O. The van der Waals surface area contributed by atoms with E-state index in [0.717, 1.165) is 6.07 Å². The molecule has 0 atom stereocenters. The Morgan fingerprint density at radius 2 is 2.11 bits per heavy atom. The average Bonchev–Trinajstić information content (AvgIpc) is 2.38. The highest BCUT2D eigenvalue weighted by Gasteiger charge is 2.06. The van der Waals surface area contributed by atoms with Crippen molar-refractivity contribution in [3.63, 3.8) is 0 Å². The summed E-state index contributed by atoms with van der Waals surface area (Å²) >= 11 is 11.6. The van der Waals surface area contributed by atoms with E-state index in [1.165, 1.54) is 24.4 Å². The number of hydrogen-bond donors (Lipinski definition) is 0. The number of aromatic nitrogens is 1. The predicted molar refractivity (Wildman–Crippen MR) is 69.7 cm³/mol. The van der Waals surface area contributed by atoms with Crippen molar-refractivity contribution in [2.45, 2.75) is 6.61 Å². The van der Waals surface area contributed by atoms with Crippen molar-refractivity contribution in [2.75, 3.05) is 0 Å². The lowest BCUT2D eigenvalue weighted by Crippen LogP contribution is -1.98. The van der Waals surface area contributed by atoms with Gasteiger partial charge in [0.1, 0.15) is 29.4 Å². The highest BCUT2D eigenvalue weighted by molar-refractivity contribution is 6.34. The maximum atomic E-state index is 13.4. The van der Waals surface area contributed by atoms with Crippen LogP contribution in [-0.2, 0) is 6.61 Å². The Bertz CT molecular complexity index is 656. The minimum absolute atomic E-state index is 0.0291. The Kier molecular flexibility index (Phi) is 4.20. The van der Waals surface area contributed by atoms with E-state index in [2.05, 4.69) is 4.98 Å². The molecule has 2 rings (SSSR count). The van der Waals surface area contributed by atoms with Crippen LogP contribution in [0.5, 0.6) is 5.75 Å². The van der Waals surface area contributed by atoms with Crippen LogP contribution in [0.25, 0.3) is 0 Å². The lowest BCUT2D eigenvalue weighted by molar-refractivity contribution is 0.304. The molecule has 0 unspecified atom stereocenters. The second kappa shape index (κ2) is 5.87. The van der Waals surface area contributed by atoms with Crippen molar-refractivity contribution >= 4 is 23.2 Å². The van der Waals surface area contributed by atoms with Gasteiger partial charge in [-0.25, -0.2) is 9.37 Å². The van der Waals surface area contributed by atoms with Gasteiger partial charge in [-0.1, -0.05) is 23.2 Å². The minimum atomic E-state index is -0.625. The lowest BCUT2D eigenvalue weighted by Gasteiger charge is -2.08. The summed E-state index contributed by atoms with van der Waals surface area (Å²) in [6.07, 6.45) is 1.49. The van der Waals surface area contributed by atoms with Crippen LogP contribution in [0.3, 0.4) is 0 Å². The Morgan fingerprint density at radius 1 is 1.32 bits per heavy atom. The van der Waals surface area contributed by atoms with Gasteiger partial charge in [0.05, 0.1) is 10.6 Å². The highest BCUT2D eigenvalue weighted by Crippen LogP contribution is 2.22. The number of nitriles is 1. The number of halogens is 3. The maximum Gasteiger partial charge on any atom is 0.144 e. The number of hydrogen-bond acceptors (Lipinski definition) is 3. The van der Waals surface area contributed by atoms with Crippen LogP contribution in [0, 0.1) is 17.1 Å². The Labute approximate surface area is 119 Å². The largest absolute Gasteiger partial charge is 0.489 e. The molecule has 0 fully saturated rings. The Balaban J connectivity index is 2.10. The summed E-state index contributed by atoms with van der Waals surface area (Å²) in [4.78, 5) is 3.88. The average molecular weight is 297 g/mol. The summed E-state index contributed by atoms with van der Waals surface area (Å²) in [5.74, 6) is -0.317. The molecule has 1 aromatic heterocycles. The van der Waals surface area contributed by atoms with Crippen LogP contribution < -0.4 is 4.74 Å². The molecule has 0 radical (unpaired) electrons. The number of ether oxygens (including phenoxy) is 1. The molecule has 0 spiro atoms. The van der Waals surface area contributed by atoms with Gasteiger partial charge < -0.3 is 4.74 Å². The summed E-state index contributed by atoms with van der Waals surface area (Å²) in [5, 5.41) is 9.33. The molecule has 0 aliphatic rings. The third-order valence-corrected chi connectivity index (χ3v) is 2.91. The quantitative estimate of drug-likeness (QED) is 0.805. The monoisotopic (exact) mass is 296 g/mol. The molecule has 0 bridgehead atoms. The molecule has 0 saturated carbocycles. The minimum Gasteiger partial charge on any atom is -0.489 e. The normalized spacial score (nSPS) is 10.0. The van der Waals surface area contributed by atoms with Crippen molar-refractivity contribution in [3.05, 3.63) is 57.6 Å². The van der Waals surface area contributed by atoms with Crippen molar-refractivity contribution in [1.82, 2.24) is 4.98 Å². The van der Waals surface area contributed by atoms with Crippen LogP contribution in [0.2, 0.25) is 10.2 Å². The highest BCUT2D eigenvalue weighted by atomic mass is 35.5. The molecule has 0 N–H and O–H groups in total. The number of nitrogens with zero attached hydrogens (tertiary/aromatic N) is 2. The van der Waals surface area contributed by atoms with Crippen LogP contribution in [0.1, 0.15) is 11.1 Å². The van der Waals surface area contributed by atoms with Crippen molar-refractivity contribution in [3.8, 4) is 11.8 Å². The first-order valence-corrected chi connectivity index (χ1v) is 5.98. The maximum absolute atomic E-state index is 13.4. The summed E-state index contributed by atoms with van der Waals surface area (Å²) in [5.41, 5.74) is 0.606. The summed E-state index contributed by atoms with van der Waals surface area (Å²) in [6.45, 7) is 0.133. The van der Waals surface area contributed by atoms with E-state index in [1.807, 2.05) is 0 Å². The van der Waals surface area contributed by atoms with Gasteiger partial charge in [0.15, 0.2) is 0 Å². The summed E-state index contributed by atoms with van der Waals surface area (Å²) in [6, 6.07) is 7.25. The zero-order valence-electron chi connectivity index (χ0n) is 9.53. The number of benzene rings is 1. The lowest BCUT2D eigenvalue weighted by atomic mass is 10.2. The van der Waals surface area contributed by atoms with Gasteiger partial charge in [0.25, 0.3) is 0 Å². The smallest absolute Gasteiger partial charge is 0.144 e. The third-order valence-electron chi connectivity index (χ3n) is 2.35. The molecule has 0 aliphatic heterocycles. The van der Waals surface area contributed by atoms with Crippen LogP contribution >= 0.6 is 23.2 Å². The topological polar surface area (TPSA) is 45.9 Å². The van der Waals surface area contributed by atoms with E-state index in [0.29, 0.717) is 16.3 Å². The molecule has 2 aromatic rings. The van der Waals surface area contributed by atoms with E-state index >= 15 is 0 Å². The fourth-order valence-electron chi connectivity index (χ4n) is 1.38. The van der Waals surface area contributed by atoms with Gasteiger partial charge in [-0.05, 0) is 18.2 Å². The van der Waals surface area contributed by atoms with E-state index in [4.69, 9.17) is 33.2 Å². The van der Waals surface area contributed by atoms with Gasteiger partial charge in [0, 0.05) is 17.8 Å². The third kappa shape index (κ3) is 3.34. The van der Waals surface area contributed by atoms with Crippen LogP contribution in [0.4, 0.5) is 4.39 Å². The fourth-order valence-corrected chi connectivity index (χ4v) is 1.80. The number of rotatable bonds is 3. The van der Waals surface area contributed by atoms with Crippen molar-refractivity contribution < 1.29 is 9.13 Å². The molecule has 1 heterocycles. The van der Waals surface area contributed by atoms with Gasteiger partial charge in [0.2, 0.25) is 0 Å². The number of pyridine rings is 1. The molecule has 1 aromatic carbocycles. The van der Waals surface area contributed by atoms with E-state index in [1.54, 1.807) is 6.07 Å². The van der Waals surface area contributed by atoms with Gasteiger partial charge in [-0.15, -0.1) is 0 Å². The first kappa shape index (κ1) is 13.6. The molecule has 0 amide bonds. The fraction of sp³-hybridized carbons (Fsp3) is 0.0769. The zero-order chi connectivity index (χ0) is 13.8. The summed E-state index contributed by atoms with van der Waals surface area (Å²) in [7, 11) is 0. The van der Waals surface area contributed by atoms with E-state index in [-0.39, 0.29) is 17.3 Å². The van der Waals surface area contributed by atoms with E-state index in [9.17, 15) is 4.39 Å². The molecule has 0 aliphatic carbocycles. The first-order chi connectivity index (χ1) is 9.10. The van der Waals surface area contributed by atoms with Gasteiger partial charge >= 0.3 is 0 Å². The predicted octanol–water partition coefficient (Wildman–Crippen LogP) is 3.98. The molecule has 3 nitrogen and oxygen atoms in total. The summed E-state index contributed by atoms with van der Waals surface area (Å²) < 4.78 is 18.7. The second-order valence-electron chi connectivity index (χ2n) is 3.64. The van der Waals surface area contributed by atoms with Crippen LogP contribution in [0.15, 0.2) is 30.5 Å². The van der Waals surface area contributed by atoms with Gasteiger partial charge in [-0.3, -0.25) is 0 Å². The molecular weight excluding hydrogens is 290 g/mol. The van der Waals surface area contributed by atoms with Crippen molar-refractivity contribution in [2.24, 2.45) is 0 Å². The zero-order valence-corrected chi connectivity index (χ0v) is 11.0. The van der Waals surface area contributed by atoms with Crippen LogP contribution in [-0.4, -0.2) is 4.98 Å². The first-order valence-electron chi connectivity index (χ1n) is 5.22. The Hall–Kier alpha value is -1.83. The van der Waals surface area contributed by atoms with Crippen molar-refractivity contribution in [1.29, 1.82) is 5.26 Å². The molecule has 0 saturated heterocycles. The molecule has 19 heavy (non-hydrogen) atoms. The van der Waals surface area contributed by atoms with Gasteiger partial charge in [-0.2, -0.15) is 5.26 Å². The van der Waals surface area contributed by atoms with E-state index < -0.39 is 5.82 Å². The second-order valence-corrected chi connectivity index (χ2v) is 4.44. The standard InChI is InChI=1S/C13H7Cl2FN2O/c14-11-4-13(15)18-6-9(11)7-19-10-2-1-8(5-17)12(16)3-10/h1-4,6H,7H2. The SMILES string of the molecule is N#Cc1ccc(OCc2cnc(Cl)cc2Cl)cc1F. The Morgan fingerprint density at radius 3 is 2.74 bits per heavy atom. The molecule has 96 valence electrons.